The molecule has 0 spiro atoms. The third-order valence-electron chi connectivity index (χ3n) is 2.83. The van der Waals surface area contributed by atoms with E-state index < -0.39 is 0 Å². The molecule has 0 rings (SSSR count). The summed E-state index contributed by atoms with van der Waals surface area (Å²) in [5.74, 6) is 1.26. The summed E-state index contributed by atoms with van der Waals surface area (Å²) in [5, 5.41) is 3.16. The molecule has 0 radical (unpaired) electrons. The third-order valence-corrected chi connectivity index (χ3v) is 2.83. The molecule has 4 nitrogen and oxygen atoms in total. The molecule has 3 N–H and O–H groups in total. The molecule has 0 amide bonds. The van der Waals surface area contributed by atoms with E-state index in [-0.39, 0.29) is 0 Å². The first-order valence-corrected chi connectivity index (χ1v) is 6.75. The van der Waals surface area contributed by atoms with Crippen molar-refractivity contribution in [2.24, 2.45) is 16.6 Å². The van der Waals surface area contributed by atoms with E-state index in [1.807, 2.05) is 0 Å². The molecule has 0 saturated heterocycles. The first kappa shape index (κ1) is 16.2. The van der Waals surface area contributed by atoms with Gasteiger partial charge in [0.1, 0.15) is 0 Å². The van der Waals surface area contributed by atoms with Crippen molar-refractivity contribution in [2.75, 3.05) is 26.2 Å². The molecule has 0 aromatic rings. The third kappa shape index (κ3) is 8.98. The Morgan fingerprint density at radius 3 is 2.41 bits per heavy atom. The van der Waals surface area contributed by atoms with Crippen LogP contribution < -0.4 is 11.1 Å². The monoisotopic (exact) mass is 242 g/mol. The van der Waals surface area contributed by atoms with E-state index in [1.54, 1.807) is 0 Å². The number of hydrogen-bond acceptors (Lipinski definition) is 2. The Morgan fingerprint density at radius 1 is 1.29 bits per heavy atom. The predicted octanol–water partition coefficient (Wildman–Crippen LogP) is 1.67. The van der Waals surface area contributed by atoms with Gasteiger partial charge in [-0.3, -0.25) is 9.89 Å². The zero-order valence-electron chi connectivity index (χ0n) is 12.2. The fourth-order valence-corrected chi connectivity index (χ4v) is 1.61. The summed E-state index contributed by atoms with van der Waals surface area (Å²) >= 11 is 0. The van der Waals surface area contributed by atoms with Crippen LogP contribution in [-0.4, -0.2) is 43.1 Å². The molecule has 0 atom stereocenters. The van der Waals surface area contributed by atoms with Crippen molar-refractivity contribution < 1.29 is 0 Å². The molecule has 4 heteroatoms. The minimum atomic E-state index is 0.574. The Labute approximate surface area is 107 Å². The van der Waals surface area contributed by atoms with Gasteiger partial charge in [-0.1, -0.05) is 20.8 Å². The second kappa shape index (κ2) is 9.28. The summed E-state index contributed by atoms with van der Waals surface area (Å²) in [5.41, 5.74) is 5.78. The second-order valence-corrected chi connectivity index (χ2v) is 5.10. The van der Waals surface area contributed by atoms with Crippen LogP contribution in [0.4, 0.5) is 0 Å². The minimum Gasteiger partial charge on any atom is -0.370 e. The molecule has 102 valence electrons. The molecular weight excluding hydrogens is 212 g/mol. The van der Waals surface area contributed by atoms with E-state index in [9.17, 15) is 0 Å². The molecule has 0 heterocycles. The Bertz CT molecular complexity index is 211. The van der Waals surface area contributed by atoms with E-state index in [4.69, 9.17) is 5.73 Å². The van der Waals surface area contributed by atoms with Crippen LogP contribution in [0, 0.1) is 5.92 Å². The normalized spacial score (nSPS) is 12.8. The number of hydrogen-bond donors (Lipinski definition) is 2. The van der Waals surface area contributed by atoms with Gasteiger partial charge >= 0.3 is 0 Å². The van der Waals surface area contributed by atoms with Gasteiger partial charge in [0.15, 0.2) is 5.96 Å². The van der Waals surface area contributed by atoms with Crippen LogP contribution in [0.1, 0.15) is 41.0 Å². The molecule has 0 aromatic heterocycles. The van der Waals surface area contributed by atoms with Crippen LogP contribution in [0.15, 0.2) is 4.99 Å². The van der Waals surface area contributed by atoms with Crippen LogP contribution in [0.25, 0.3) is 0 Å². The summed E-state index contributed by atoms with van der Waals surface area (Å²) in [6.45, 7) is 14.8. The molecule has 0 aromatic carbocycles. The van der Waals surface area contributed by atoms with Crippen LogP contribution in [0.3, 0.4) is 0 Å². The molecule has 0 fully saturated rings. The maximum Gasteiger partial charge on any atom is 0.188 e. The van der Waals surface area contributed by atoms with Crippen molar-refractivity contribution in [1.29, 1.82) is 0 Å². The maximum atomic E-state index is 5.78. The molecular formula is C13H30N4. The molecule has 0 aliphatic rings. The van der Waals surface area contributed by atoms with Gasteiger partial charge in [0.2, 0.25) is 0 Å². The molecule has 17 heavy (non-hydrogen) atoms. The zero-order chi connectivity index (χ0) is 13.3. The Morgan fingerprint density at radius 2 is 1.94 bits per heavy atom. The fourth-order valence-electron chi connectivity index (χ4n) is 1.61. The van der Waals surface area contributed by atoms with Gasteiger partial charge in [0.05, 0.1) is 0 Å². The highest BCUT2D eigenvalue weighted by Crippen LogP contribution is 1.98. The van der Waals surface area contributed by atoms with Crippen LogP contribution in [0.2, 0.25) is 0 Å². The van der Waals surface area contributed by atoms with Gasteiger partial charge in [-0.2, -0.15) is 0 Å². The number of rotatable bonds is 8. The first-order valence-electron chi connectivity index (χ1n) is 6.75. The lowest BCUT2D eigenvalue weighted by Gasteiger charge is -2.24. The number of nitrogens with two attached hydrogens (primary N) is 1. The molecule has 0 aliphatic carbocycles. The van der Waals surface area contributed by atoms with E-state index in [0.717, 1.165) is 32.6 Å². The van der Waals surface area contributed by atoms with Gasteiger partial charge in [0.25, 0.3) is 0 Å². The number of nitrogens with zero attached hydrogens (tertiary/aromatic N) is 2. The SMILES string of the molecule is CCN(CCNC(N)=NCCC(C)C)C(C)C. The van der Waals surface area contributed by atoms with Gasteiger partial charge in [0, 0.05) is 25.7 Å². The highest BCUT2D eigenvalue weighted by molar-refractivity contribution is 5.77. The van der Waals surface area contributed by atoms with Gasteiger partial charge < -0.3 is 11.1 Å². The van der Waals surface area contributed by atoms with Crippen molar-refractivity contribution in [1.82, 2.24) is 10.2 Å². The van der Waals surface area contributed by atoms with Gasteiger partial charge in [-0.25, -0.2) is 0 Å². The van der Waals surface area contributed by atoms with E-state index in [0.29, 0.717) is 17.9 Å². The van der Waals surface area contributed by atoms with Crippen LogP contribution in [0.5, 0.6) is 0 Å². The lowest BCUT2D eigenvalue weighted by Crippen LogP contribution is -2.41. The topological polar surface area (TPSA) is 53.6 Å². The predicted molar refractivity (Wildman–Crippen MR) is 76.3 cm³/mol. The Hall–Kier alpha value is -0.770. The van der Waals surface area contributed by atoms with E-state index >= 15 is 0 Å². The van der Waals surface area contributed by atoms with Crippen LogP contribution >= 0.6 is 0 Å². The average molecular weight is 242 g/mol. The smallest absolute Gasteiger partial charge is 0.188 e. The fraction of sp³-hybridized carbons (Fsp3) is 0.923. The van der Waals surface area contributed by atoms with Crippen LogP contribution in [-0.2, 0) is 0 Å². The lowest BCUT2D eigenvalue weighted by molar-refractivity contribution is 0.237. The minimum absolute atomic E-state index is 0.574. The summed E-state index contributed by atoms with van der Waals surface area (Å²) in [4.78, 5) is 6.69. The van der Waals surface area contributed by atoms with Gasteiger partial charge in [-0.05, 0) is 32.7 Å². The van der Waals surface area contributed by atoms with E-state index in [2.05, 4.69) is 49.8 Å². The maximum absolute atomic E-state index is 5.78. The Kier molecular flexibility index (Phi) is 8.86. The molecule has 0 saturated carbocycles. The van der Waals surface area contributed by atoms with Crippen molar-refractivity contribution in [3.63, 3.8) is 0 Å². The van der Waals surface area contributed by atoms with Crippen molar-refractivity contribution in [2.45, 2.75) is 47.1 Å². The zero-order valence-corrected chi connectivity index (χ0v) is 12.2. The average Bonchev–Trinajstić information content (AvgIpc) is 2.23. The largest absolute Gasteiger partial charge is 0.370 e. The first-order chi connectivity index (χ1) is 7.97. The Balaban J connectivity index is 3.72. The molecule has 0 unspecified atom stereocenters. The number of guanidine groups is 1. The number of nitrogens with one attached hydrogen (secondary N) is 1. The summed E-state index contributed by atoms with van der Waals surface area (Å²) in [6.07, 6.45) is 1.09. The standard InChI is InChI=1S/C13H30N4/c1-6-17(12(4)5)10-9-16-13(14)15-8-7-11(2)3/h11-12H,6-10H2,1-5H3,(H3,14,15,16). The number of likely N-dealkylation sites (N-methyl/N-ethyl adjacent to an activating group) is 1. The van der Waals surface area contributed by atoms with E-state index in [1.165, 1.54) is 0 Å². The second-order valence-electron chi connectivity index (χ2n) is 5.10. The molecule has 0 aliphatic heterocycles. The quantitative estimate of drug-likeness (QED) is 0.503. The van der Waals surface area contributed by atoms with Crippen molar-refractivity contribution in [3.05, 3.63) is 0 Å². The van der Waals surface area contributed by atoms with Gasteiger partial charge in [-0.15, -0.1) is 0 Å². The highest BCUT2D eigenvalue weighted by atomic mass is 15.2. The number of aliphatic imine (C=N–C) groups is 1. The van der Waals surface area contributed by atoms with Crippen molar-refractivity contribution >= 4 is 5.96 Å². The summed E-state index contributed by atoms with van der Waals surface area (Å²) < 4.78 is 0. The highest BCUT2D eigenvalue weighted by Gasteiger charge is 2.05. The van der Waals surface area contributed by atoms with Crippen molar-refractivity contribution in [3.8, 4) is 0 Å². The summed E-state index contributed by atoms with van der Waals surface area (Å²) in [7, 11) is 0. The summed E-state index contributed by atoms with van der Waals surface area (Å²) in [6, 6.07) is 0.584. The molecule has 0 bridgehead atoms. The lowest BCUT2D eigenvalue weighted by atomic mass is 10.1.